The molecule has 0 N–H and O–H groups in total. The summed E-state index contributed by atoms with van der Waals surface area (Å²) in [5.74, 6) is 1.53. The maximum absolute atomic E-state index is 10.6. The Morgan fingerprint density at radius 2 is 1.75 bits per heavy atom. The number of benzene rings is 1. The predicted octanol–water partition coefficient (Wildman–Crippen LogP) is 4.24. The third kappa shape index (κ3) is 3.88. The summed E-state index contributed by atoms with van der Waals surface area (Å²) in [6.07, 6.45) is 7.39. The smallest absolute Gasteiger partial charge is 0.269 e. The molecule has 110 valence electrons. The molecule has 0 spiro atoms. The van der Waals surface area contributed by atoms with Crippen molar-refractivity contribution in [2.45, 2.75) is 38.5 Å². The van der Waals surface area contributed by atoms with Crippen LogP contribution in [0.4, 0.5) is 5.69 Å². The number of hydrogen-bond donors (Lipinski definition) is 1. The zero-order valence-corrected chi connectivity index (χ0v) is 12.5. The molecule has 2 rings (SSSR count). The molecular weight excluding hydrogens is 274 g/mol. The molecule has 1 aliphatic rings. The van der Waals surface area contributed by atoms with E-state index < -0.39 is 4.92 Å². The van der Waals surface area contributed by atoms with Crippen molar-refractivity contribution in [1.29, 1.82) is 0 Å². The van der Waals surface area contributed by atoms with Gasteiger partial charge in [-0.15, -0.1) is 0 Å². The molecule has 5 heteroatoms. The second-order valence-corrected chi connectivity index (χ2v) is 5.93. The maximum Gasteiger partial charge on any atom is 0.269 e. The van der Waals surface area contributed by atoms with Crippen LogP contribution in [-0.4, -0.2) is 17.3 Å². The van der Waals surface area contributed by atoms with Gasteiger partial charge in [0.25, 0.3) is 5.69 Å². The lowest BCUT2D eigenvalue weighted by Crippen LogP contribution is -2.30. The van der Waals surface area contributed by atoms with E-state index in [2.05, 4.69) is 12.6 Å². The Bertz CT molecular complexity index is 439. The van der Waals surface area contributed by atoms with Gasteiger partial charge in [0.15, 0.2) is 0 Å². The second kappa shape index (κ2) is 6.97. The Kier molecular flexibility index (Phi) is 5.29. The summed E-state index contributed by atoms with van der Waals surface area (Å²) in [4.78, 5) is 10.2. The van der Waals surface area contributed by atoms with Crippen molar-refractivity contribution < 1.29 is 9.66 Å². The molecule has 0 amide bonds. The fourth-order valence-corrected chi connectivity index (χ4v) is 3.13. The summed E-state index contributed by atoms with van der Waals surface area (Å²) in [6, 6.07) is 6.30. The Morgan fingerprint density at radius 3 is 2.25 bits per heavy atom. The molecule has 1 aromatic rings. The van der Waals surface area contributed by atoms with Crippen LogP contribution in [0.15, 0.2) is 24.3 Å². The first-order valence-corrected chi connectivity index (χ1v) is 7.77. The first-order valence-electron chi connectivity index (χ1n) is 7.13. The van der Waals surface area contributed by atoms with Crippen LogP contribution >= 0.6 is 12.6 Å². The van der Waals surface area contributed by atoms with Gasteiger partial charge in [-0.25, -0.2) is 0 Å². The molecule has 1 aromatic carbocycles. The van der Waals surface area contributed by atoms with Crippen molar-refractivity contribution >= 4 is 18.3 Å². The third-order valence-corrected chi connectivity index (χ3v) is 4.76. The Labute approximate surface area is 125 Å². The minimum atomic E-state index is -0.399. The van der Waals surface area contributed by atoms with Crippen molar-refractivity contribution in [2.75, 3.05) is 12.4 Å². The number of thiol groups is 1. The quantitative estimate of drug-likeness (QED) is 0.382. The summed E-state index contributed by atoms with van der Waals surface area (Å²) in [5.41, 5.74) is 0.247. The number of ether oxygens (including phenoxy) is 1. The zero-order chi connectivity index (χ0) is 14.4. The highest BCUT2D eigenvalue weighted by Gasteiger charge is 2.30. The van der Waals surface area contributed by atoms with Gasteiger partial charge >= 0.3 is 0 Å². The van der Waals surface area contributed by atoms with E-state index >= 15 is 0 Å². The first kappa shape index (κ1) is 15.2. The number of rotatable bonds is 5. The van der Waals surface area contributed by atoms with Gasteiger partial charge in [0.2, 0.25) is 0 Å². The first-order chi connectivity index (χ1) is 9.65. The van der Waals surface area contributed by atoms with Crippen LogP contribution in [0.25, 0.3) is 0 Å². The highest BCUT2D eigenvalue weighted by Crippen LogP contribution is 2.36. The molecule has 0 unspecified atom stereocenters. The number of nitrogens with zero attached hydrogens (tertiary/aromatic N) is 1. The van der Waals surface area contributed by atoms with Crippen LogP contribution in [0.3, 0.4) is 0 Å². The van der Waals surface area contributed by atoms with Crippen LogP contribution in [0.5, 0.6) is 5.75 Å². The fourth-order valence-electron chi connectivity index (χ4n) is 2.73. The van der Waals surface area contributed by atoms with Crippen molar-refractivity contribution in [3.05, 3.63) is 34.4 Å². The number of nitro groups is 1. The molecule has 4 nitrogen and oxygen atoms in total. The predicted molar refractivity (Wildman–Crippen MR) is 82.6 cm³/mol. The van der Waals surface area contributed by atoms with E-state index in [1.165, 1.54) is 37.8 Å². The Hall–Kier alpha value is -1.23. The summed E-state index contributed by atoms with van der Waals surface area (Å²) in [5, 5.41) is 10.6. The molecule has 0 atom stereocenters. The summed E-state index contributed by atoms with van der Waals surface area (Å²) >= 11 is 4.52. The SMILES string of the molecule is O=[N+]([O-])c1ccc(OCC2(CS)CCCCCC2)cc1. The van der Waals surface area contributed by atoms with Gasteiger partial charge in [-0.3, -0.25) is 10.1 Å². The van der Waals surface area contributed by atoms with Crippen LogP contribution in [0.2, 0.25) is 0 Å². The van der Waals surface area contributed by atoms with E-state index in [1.54, 1.807) is 12.1 Å². The average Bonchev–Trinajstić information content (AvgIpc) is 2.72. The van der Waals surface area contributed by atoms with Gasteiger partial charge in [-0.2, -0.15) is 12.6 Å². The minimum absolute atomic E-state index is 0.0933. The van der Waals surface area contributed by atoms with E-state index in [0.717, 1.165) is 18.6 Å². The van der Waals surface area contributed by atoms with Gasteiger partial charge < -0.3 is 4.74 Å². The molecule has 1 fully saturated rings. The normalized spacial score (nSPS) is 18.2. The monoisotopic (exact) mass is 295 g/mol. The van der Waals surface area contributed by atoms with Crippen LogP contribution < -0.4 is 4.74 Å². The molecule has 0 bridgehead atoms. The number of hydrogen-bond acceptors (Lipinski definition) is 4. The maximum atomic E-state index is 10.6. The van der Waals surface area contributed by atoms with Crippen molar-refractivity contribution in [3.8, 4) is 5.75 Å². The van der Waals surface area contributed by atoms with E-state index in [4.69, 9.17) is 4.74 Å². The van der Waals surface area contributed by atoms with Crippen molar-refractivity contribution in [2.24, 2.45) is 5.41 Å². The minimum Gasteiger partial charge on any atom is -0.493 e. The van der Waals surface area contributed by atoms with Gasteiger partial charge in [0.05, 0.1) is 11.5 Å². The van der Waals surface area contributed by atoms with Crippen LogP contribution in [0.1, 0.15) is 38.5 Å². The molecular formula is C15H21NO3S. The number of nitro benzene ring substituents is 1. The van der Waals surface area contributed by atoms with E-state index in [-0.39, 0.29) is 11.1 Å². The standard InChI is InChI=1S/C15H21NO3S/c17-16(18)13-5-7-14(8-6-13)19-11-15(12-20)9-3-1-2-4-10-15/h5-8,20H,1-4,9-12H2. The Balaban J connectivity index is 1.96. The molecule has 0 radical (unpaired) electrons. The largest absolute Gasteiger partial charge is 0.493 e. The molecule has 1 aliphatic carbocycles. The lowest BCUT2D eigenvalue weighted by atomic mass is 9.83. The van der Waals surface area contributed by atoms with Gasteiger partial charge in [-0.1, -0.05) is 25.7 Å². The summed E-state index contributed by atoms with van der Waals surface area (Å²) in [7, 11) is 0. The van der Waals surface area contributed by atoms with Gasteiger partial charge in [0, 0.05) is 17.5 Å². The zero-order valence-electron chi connectivity index (χ0n) is 11.6. The topological polar surface area (TPSA) is 52.4 Å². The average molecular weight is 295 g/mol. The fraction of sp³-hybridized carbons (Fsp3) is 0.600. The third-order valence-electron chi connectivity index (χ3n) is 4.09. The molecule has 0 aromatic heterocycles. The van der Waals surface area contributed by atoms with Gasteiger partial charge in [-0.05, 0) is 30.7 Å². The highest BCUT2D eigenvalue weighted by atomic mass is 32.1. The molecule has 0 aliphatic heterocycles. The van der Waals surface area contributed by atoms with Crippen molar-refractivity contribution in [3.63, 3.8) is 0 Å². The number of non-ortho nitro benzene ring substituents is 1. The van der Waals surface area contributed by atoms with Crippen LogP contribution in [-0.2, 0) is 0 Å². The molecule has 20 heavy (non-hydrogen) atoms. The Morgan fingerprint density at radius 1 is 1.15 bits per heavy atom. The molecule has 0 saturated heterocycles. The van der Waals surface area contributed by atoms with Crippen molar-refractivity contribution in [1.82, 2.24) is 0 Å². The van der Waals surface area contributed by atoms with E-state index in [0.29, 0.717) is 12.4 Å². The second-order valence-electron chi connectivity index (χ2n) is 5.61. The lowest BCUT2D eigenvalue weighted by molar-refractivity contribution is -0.384. The van der Waals surface area contributed by atoms with E-state index in [9.17, 15) is 10.1 Å². The van der Waals surface area contributed by atoms with Crippen LogP contribution in [0, 0.1) is 15.5 Å². The molecule has 1 saturated carbocycles. The van der Waals surface area contributed by atoms with Gasteiger partial charge in [0.1, 0.15) is 5.75 Å². The van der Waals surface area contributed by atoms with E-state index in [1.807, 2.05) is 0 Å². The summed E-state index contributed by atoms with van der Waals surface area (Å²) in [6.45, 7) is 0.647. The highest BCUT2D eigenvalue weighted by molar-refractivity contribution is 7.80. The summed E-state index contributed by atoms with van der Waals surface area (Å²) < 4.78 is 5.86. The molecule has 0 heterocycles. The lowest BCUT2D eigenvalue weighted by Gasteiger charge is -2.30.